The highest BCUT2D eigenvalue weighted by molar-refractivity contribution is 6.67. The smallest absolute Gasteiger partial charge is 0.364 e. The minimum atomic E-state index is -0.824. The number of alkyl halides is 1. The van der Waals surface area contributed by atoms with Crippen LogP contribution in [-0.4, -0.2) is 37.1 Å². The highest BCUT2D eigenvalue weighted by Gasteiger charge is 2.21. The van der Waals surface area contributed by atoms with Crippen molar-refractivity contribution in [1.29, 1.82) is 0 Å². The van der Waals surface area contributed by atoms with Gasteiger partial charge >= 0.3 is 5.97 Å². The van der Waals surface area contributed by atoms with E-state index in [0.29, 0.717) is 0 Å². The van der Waals surface area contributed by atoms with Crippen molar-refractivity contribution in [2.45, 2.75) is 6.92 Å². The molecule has 0 saturated heterocycles. The molecule has 0 amide bonds. The standard InChI is InChI=1S/C7H10ClNO4/c1-3-13-7(11)6(9-12-2)5(10)4-8/h3-4H2,1-2H3. The van der Waals surface area contributed by atoms with Gasteiger partial charge in [0.15, 0.2) is 0 Å². The Morgan fingerprint density at radius 1 is 1.46 bits per heavy atom. The average molecular weight is 208 g/mol. The Labute approximate surface area is 80.6 Å². The minimum Gasteiger partial charge on any atom is -0.461 e. The van der Waals surface area contributed by atoms with Crippen molar-refractivity contribution in [2.24, 2.45) is 5.16 Å². The number of halogens is 1. The van der Waals surface area contributed by atoms with Crippen LogP contribution in [0.5, 0.6) is 0 Å². The normalized spacial score (nSPS) is 10.8. The van der Waals surface area contributed by atoms with E-state index in [1.807, 2.05) is 0 Å². The third kappa shape index (κ3) is 3.89. The molecule has 0 N–H and O–H groups in total. The molecule has 13 heavy (non-hydrogen) atoms. The van der Waals surface area contributed by atoms with Crippen LogP contribution in [-0.2, 0) is 19.2 Å². The Bertz CT molecular complexity index is 227. The van der Waals surface area contributed by atoms with E-state index in [0.717, 1.165) is 0 Å². The number of oxime groups is 1. The maximum absolute atomic E-state index is 11.0. The van der Waals surface area contributed by atoms with Crippen LogP contribution in [0.25, 0.3) is 0 Å². The highest BCUT2D eigenvalue weighted by atomic mass is 35.5. The third-order valence-corrected chi connectivity index (χ3v) is 1.28. The third-order valence-electron chi connectivity index (χ3n) is 1.04. The van der Waals surface area contributed by atoms with Crippen LogP contribution >= 0.6 is 11.6 Å². The summed E-state index contributed by atoms with van der Waals surface area (Å²) in [6.45, 7) is 1.78. The number of Topliss-reactive ketones (excluding diaryl/α,β-unsaturated/α-hetero) is 1. The summed E-state index contributed by atoms with van der Waals surface area (Å²) < 4.78 is 4.55. The molecule has 0 aromatic rings. The number of rotatable bonds is 5. The lowest BCUT2D eigenvalue weighted by molar-refractivity contribution is -0.135. The average Bonchev–Trinajstić information content (AvgIpc) is 2.13. The summed E-state index contributed by atoms with van der Waals surface area (Å²) in [6, 6.07) is 0. The van der Waals surface area contributed by atoms with E-state index in [1.165, 1.54) is 7.11 Å². The lowest BCUT2D eigenvalue weighted by Crippen LogP contribution is -2.27. The number of ether oxygens (including phenoxy) is 1. The summed E-state index contributed by atoms with van der Waals surface area (Å²) in [6.07, 6.45) is 0. The number of nitrogens with zero attached hydrogens (tertiary/aromatic N) is 1. The summed E-state index contributed by atoms with van der Waals surface area (Å²) in [4.78, 5) is 26.3. The summed E-state index contributed by atoms with van der Waals surface area (Å²) in [7, 11) is 1.22. The zero-order chi connectivity index (χ0) is 10.3. The van der Waals surface area contributed by atoms with E-state index in [9.17, 15) is 9.59 Å². The van der Waals surface area contributed by atoms with Gasteiger partial charge in [0.2, 0.25) is 11.5 Å². The molecule has 0 radical (unpaired) electrons. The molecule has 74 valence electrons. The van der Waals surface area contributed by atoms with E-state index in [4.69, 9.17) is 11.6 Å². The number of ketones is 1. The Kier molecular flexibility index (Phi) is 5.88. The zero-order valence-electron chi connectivity index (χ0n) is 7.37. The number of esters is 1. The summed E-state index contributed by atoms with van der Waals surface area (Å²) in [5, 5.41) is 3.22. The lowest BCUT2D eigenvalue weighted by atomic mass is 10.3. The van der Waals surface area contributed by atoms with Crippen molar-refractivity contribution >= 4 is 29.1 Å². The lowest BCUT2D eigenvalue weighted by Gasteiger charge is -2.01. The topological polar surface area (TPSA) is 65.0 Å². The van der Waals surface area contributed by atoms with Crippen LogP contribution in [0.2, 0.25) is 0 Å². The van der Waals surface area contributed by atoms with E-state index < -0.39 is 17.5 Å². The van der Waals surface area contributed by atoms with Gasteiger partial charge in [0, 0.05) is 0 Å². The molecule has 0 unspecified atom stereocenters. The molecular formula is C7H10ClNO4. The maximum Gasteiger partial charge on any atom is 0.364 e. The van der Waals surface area contributed by atoms with Gasteiger partial charge in [-0.25, -0.2) is 4.79 Å². The van der Waals surface area contributed by atoms with Crippen molar-refractivity contribution in [3.8, 4) is 0 Å². The van der Waals surface area contributed by atoms with Crippen molar-refractivity contribution in [3.05, 3.63) is 0 Å². The predicted octanol–water partition coefficient (Wildman–Crippen LogP) is 0.360. The first-order valence-corrected chi connectivity index (χ1v) is 4.08. The molecule has 5 nitrogen and oxygen atoms in total. The van der Waals surface area contributed by atoms with E-state index in [2.05, 4.69) is 14.7 Å². The molecule has 0 aromatic carbocycles. The van der Waals surface area contributed by atoms with E-state index in [1.54, 1.807) is 6.92 Å². The van der Waals surface area contributed by atoms with Gasteiger partial charge in [0.25, 0.3) is 0 Å². The molecule has 0 aromatic heterocycles. The molecule has 0 atom stereocenters. The van der Waals surface area contributed by atoms with Crippen molar-refractivity contribution in [1.82, 2.24) is 0 Å². The Balaban J connectivity index is 4.52. The van der Waals surface area contributed by atoms with Crippen LogP contribution in [0.3, 0.4) is 0 Å². The van der Waals surface area contributed by atoms with Crippen LogP contribution < -0.4 is 0 Å². The van der Waals surface area contributed by atoms with Gasteiger partial charge in [-0.2, -0.15) is 0 Å². The largest absolute Gasteiger partial charge is 0.461 e. The molecular weight excluding hydrogens is 198 g/mol. The molecule has 0 fully saturated rings. The number of hydrogen-bond acceptors (Lipinski definition) is 5. The molecule has 0 aliphatic heterocycles. The van der Waals surface area contributed by atoms with Crippen molar-refractivity contribution in [3.63, 3.8) is 0 Å². The molecule has 0 aliphatic carbocycles. The molecule has 0 bridgehead atoms. The first-order chi connectivity index (χ1) is 6.17. The molecule has 0 saturated carbocycles. The number of carbonyl (C=O) groups is 2. The van der Waals surface area contributed by atoms with Crippen LogP contribution in [0.1, 0.15) is 6.92 Å². The van der Waals surface area contributed by atoms with Crippen molar-refractivity contribution in [2.75, 3.05) is 19.6 Å². The second kappa shape index (κ2) is 6.42. The summed E-state index contributed by atoms with van der Waals surface area (Å²) in [5.74, 6) is -1.78. The molecule has 0 aliphatic rings. The van der Waals surface area contributed by atoms with Crippen molar-refractivity contribution < 1.29 is 19.2 Å². The Hall–Kier alpha value is -1.10. The molecule has 0 rings (SSSR count). The SMILES string of the molecule is CCOC(=O)C(=NOC)C(=O)CCl. The van der Waals surface area contributed by atoms with Gasteiger partial charge in [-0.15, -0.1) is 11.6 Å². The summed E-state index contributed by atoms with van der Waals surface area (Å²) in [5.41, 5.74) is -0.417. The second-order valence-electron chi connectivity index (χ2n) is 1.90. The Morgan fingerprint density at radius 2 is 2.08 bits per heavy atom. The van der Waals surface area contributed by atoms with Crippen LogP contribution in [0, 0.1) is 0 Å². The number of carbonyl (C=O) groups excluding carboxylic acids is 2. The van der Waals surface area contributed by atoms with E-state index >= 15 is 0 Å². The van der Waals surface area contributed by atoms with Gasteiger partial charge < -0.3 is 9.57 Å². The maximum atomic E-state index is 11.0. The van der Waals surface area contributed by atoms with Gasteiger partial charge in [-0.1, -0.05) is 5.16 Å². The quantitative estimate of drug-likeness (QED) is 0.215. The number of hydrogen-bond donors (Lipinski definition) is 0. The highest BCUT2D eigenvalue weighted by Crippen LogP contribution is 1.91. The van der Waals surface area contributed by atoms with E-state index in [-0.39, 0.29) is 12.5 Å². The van der Waals surface area contributed by atoms with Gasteiger partial charge in [-0.3, -0.25) is 4.79 Å². The van der Waals surface area contributed by atoms with Gasteiger partial charge in [0.1, 0.15) is 7.11 Å². The van der Waals surface area contributed by atoms with Gasteiger partial charge in [0.05, 0.1) is 12.5 Å². The van der Waals surface area contributed by atoms with Crippen LogP contribution in [0.15, 0.2) is 5.16 Å². The monoisotopic (exact) mass is 207 g/mol. The molecule has 6 heteroatoms. The molecule has 0 spiro atoms. The molecule has 0 heterocycles. The minimum absolute atomic E-state index is 0.164. The van der Waals surface area contributed by atoms with Crippen LogP contribution in [0.4, 0.5) is 0 Å². The second-order valence-corrected chi connectivity index (χ2v) is 2.17. The fourth-order valence-corrected chi connectivity index (χ4v) is 0.683. The summed E-state index contributed by atoms with van der Waals surface area (Å²) >= 11 is 5.23. The fraction of sp³-hybridized carbons (Fsp3) is 0.571. The zero-order valence-corrected chi connectivity index (χ0v) is 8.13. The first kappa shape index (κ1) is 11.9. The Morgan fingerprint density at radius 3 is 2.46 bits per heavy atom. The fourth-order valence-electron chi connectivity index (χ4n) is 0.556. The van der Waals surface area contributed by atoms with Gasteiger partial charge in [-0.05, 0) is 6.92 Å². The first-order valence-electron chi connectivity index (χ1n) is 3.54. The predicted molar refractivity (Wildman–Crippen MR) is 46.8 cm³/mol.